The topological polar surface area (TPSA) is 98.0 Å². The molecule has 0 aliphatic rings. The molecule has 2 aromatic rings. The van der Waals surface area contributed by atoms with Crippen LogP contribution in [-0.4, -0.2) is 21.8 Å². The Morgan fingerprint density at radius 2 is 1.85 bits per heavy atom. The zero-order valence-corrected chi connectivity index (χ0v) is 11.1. The van der Waals surface area contributed by atoms with E-state index in [0.29, 0.717) is 5.69 Å². The molecule has 6 nitrogen and oxygen atoms in total. The standard InChI is InChI=1S/C13H11ClN4O2/c14-11-7-16-10(6-17-11)13(20)18-9-3-1-8(2-4-9)5-12(15)19/h1-4,6-7H,5H2,(H2,15,19)(H,18,20). The van der Waals surface area contributed by atoms with E-state index in [2.05, 4.69) is 15.3 Å². The molecule has 0 atom stereocenters. The molecule has 20 heavy (non-hydrogen) atoms. The number of primary amides is 1. The van der Waals surface area contributed by atoms with Crippen LogP contribution in [0, 0.1) is 0 Å². The lowest BCUT2D eigenvalue weighted by Gasteiger charge is -2.05. The minimum atomic E-state index is -0.404. The lowest BCUT2D eigenvalue weighted by molar-refractivity contribution is -0.117. The molecule has 0 spiro atoms. The summed E-state index contributed by atoms with van der Waals surface area (Å²) in [6.45, 7) is 0. The number of amides is 2. The van der Waals surface area contributed by atoms with Crippen molar-refractivity contribution in [2.24, 2.45) is 5.73 Å². The molecule has 102 valence electrons. The molecule has 0 aliphatic carbocycles. The summed E-state index contributed by atoms with van der Waals surface area (Å²) in [6.07, 6.45) is 2.75. The van der Waals surface area contributed by atoms with Crippen LogP contribution >= 0.6 is 11.6 Å². The SMILES string of the molecule is NC(=O)Cc1ccc(NC(=O)c2cnc(Cl)cn2)cc1. The smallest absolute Gasteiger partial charge is 0.275 e. The Morgan fingerprint density at radius 3 is 2.40 bits per heavy atom. The van der Waals surface area contributed by atoms with Gasteiger partial charge in [-0.15, -0.1) is 0 Å². The van der Waals surface area contributed by atoms with Crippen molar-refractivity contribution in [3.05, 3.63) is 53.1 Å². The van der Waals surface area contributed by atoms with Gasteiger partial charge in [-0.05, 0) is 17.7 Å². The van der Waals surface area contributed by atoms with E-state index >= 15 is 0 Å². The summed E-state index contributed by atoms with van der Waals surface area (Å²) in [5.41, 5.74) is 6.62. The van der Waals surface area contributed by atoms with Crippen molar-refractivity contribution >= 4 is 29.1 Å². The van der Waals surface area contributed by atoms with Crippen LogP contribution in [0.5, 0.6) is 0 Å². The number of nitrogens with zero attached hydrogens (tertiary/aromatic N) is 2. The van der Waals surface area contributed by atoms with Crippen molar-refractivity contribution in [3.8, 4) is 0 Å². The molecular formula is C13H11ClN4O2. The molecule has 7 heteroatoms. The molecule has 0 aliphatic heterocycles. The molecule has 1 aromatic carbocycles. The number of nitrogens with one attached hydrogen (secondary N) is 1. The molecule has 0 fully saturated rings. The minimum absolute atomic E-state index is 0.163. The number of halogens is 1. The van der Waals surface area contributed by atoms with Crippen molar-refractivity contribution in [3.63, 3.8) is 0 Å². The summed E-state index contributed by atoms with van der Waals surface area (Å²) in [6, 6.07) is 6.79. The third-order valence-electron chi connectivity index (χ3n) is 2.44. The number of carbonyl (C=O) groups is 2. The normalized spacial score (nSPS) is 10.1. The van der Waals surface area contributed by atoms with Crippen LogP contribution in [-0.2, 0) is 11.2 Å². The van der Waals surface area contributed by atoms with E-state index < -0.39 is 11.8 Å². The number of carbonyl (C=O) groups excluding carboxylic acids is 2. The number of benzene rings is 1. The maximum absolute atomic E-state index is 11.9. The Labute approximate surface area is 120 Å². The predicted molar refractivity (Wildman–Crippen MR) is 74.3 cm³/mol. The maximum Gasteiger partial charge on any atom is 0.275 e. The third kappa shape index (κ3) is 3.76. The molecule has 2 rings (SSSR count). The van der Waals surface area contributed by atoms with Gasteiger partial charge < -0.3 is 11.1 Å². The first-order chi connectivity index (χ1) is 9.54. The van der Waals surface area contributed by atoms with Crippen LogP contribution in [0.15, 0.2) is 36.7 Å². The highest BCUT2D eigenvalue weighted by molar-refractivity contribution is 6.29. The van der Waals surface area contributed by atoms with Gasteiger partial charge in [-0.25, -0.2) is 9.97 Å². The maximum atomic E-state index is 11.9. The van der Waals surface area contributed by atoms with Gasteiger partial charge in [0.2, 0.25) is 5.91 Å². The second-order valence-electron chi connectivity index (χ2n) is 4.02. The quantitative estimate of drug-likeness (QED) is 0.889. The summed E-state index contributed by atoms with van der Waals surface area (Å²) in [5.74, 6) is -0.796. The second-order valence-corrected chi connectivity index (χ2v) is 4.41. The molecule has 0 unspecified atom stereocenters. The Kier molecular flexibility index (Phi) is 4.27. The molecule has 1 heterocycles. The van der Waals surface area contributed by atoms with Crippen LogP contribution in [0.1, 0.15) is 16.1 Å². The number of hydrogen-bond donors (Lipinski definition) is 2. The highest BCUT2D eigenvalue weighted by Crippen LogP contribution is 2.11. The van der Waals surface area contributed by atoms with E-state index in [1.165, 1.54) is 12.4 Å². The fourth-order valence-corrected chi connectivity index (χ4v) is 1.63. The lowest BCUT2D eigenvalue weighted by Crippen LogP contribution is -2.15. The van der Waals surface area contributed by atoms with Gasteiger partial charge in [-0.2, -0.15) is 0 Å². The molecule has 0 saturated carbocycles. The first kappa shape index (κ1) is 14.0. The first-order valence-electron chi connectivity index (χ1n) is 5.71. The van der Waals surface area contributed by atoms with Gasteiger partial charge >= 0.3 is 0 Å². The van der Waals surface area contributed by atoms with Gasteiger partial charge in [-0.3, -0.25) is 9.59 Å². The van der Waals surface area contributed by atoms with Gasteiger partial charge in [0.05, 0.1) is 18.8 Å². The molecular weight excluding hydrogens is 280 g/mol. The van der Waals surface area contributed by atoms with Gasteiger partial charge in [0, 0.05) is 5.69 Å². The fraction of sp³-hybridized carbons (Fsp3) is 0.0769. The lowest BCUT2D eigenvalue weighted by atomic mass is 10.1. The fourth-order valence-electron chi connectivity index (χ4n) is 1.53. The van der Waals surface area contributed by atoms with E-state index in [9.17, 15) is 9.59 Å². The third-order valence-corrected chi connectivity index (χ3v) is 2.64. The van der Waals surface area contributed by atoms with E-state index in [1.807, 2.05) is 0 Å². The molecule has 0 bridgehead atoms. The Bertz CT molecular complexity index is 626. The zero-order chi connectivity index (χ0) is 14.5. The summed E-state index contributed by atoms with van der Waals surface area (Å²) >= 11 is 5.59. The van der Waals surface area contributed by atoms with Crippen LogP contribution in [0.25, 0.3) is 0 Å². The van der Waals surface area contributed by atoms with Crippen LogP contribution < -0.4 is 11.1 Å². The second kappa shape index (κ2) is 6.12. The number of anilines is 1. The van der Waals surface area contributed by atoms with Gasteiger partial charge in [-0.1, -0.05) is 23.7 Å². The monoisotopic (exact) mass is 290 g/mol. The molecule has 3 N–H and O–H groups in total. The van der Waals surface area contributed by atoms with E-state index in [1.54, 1.807) is 24.3 Å². The van der Waals surface area contributed by atoms with Gasteiger partial charge in [0.1, 0.15) is 10.8 Å². The summed E-state index contributed by atoms with van der Waals surface area (Å²) in [5, 5.41) is 2.88. The average Bonchev–Trinajstić information content (AvgIpc) is 2.41. The van der Waals surface area contributed by atoms with Crippen molar-refractivity contribution in [2.75, 3.05) is 5.32 Å². The number of aromatic nitrogens is 2. The van der Waals surface area contributed by atoms with E-state index in [-0.39, 0.29) is 17.3 Å². The largest absolute Gasteiger partial charge is 0.369 e. The Hall–Kier alpha value is -2.47. The predicted octanol–water partition coefficient (Wildman–Crippen LogP) is 1.41. The van der Waals surface area contributed by atoms with Crippen molar-refractivity contribution in [2.45, 2.75) is 6.42 Å². The van der Waals surface area contributed by atoms with Crippen molar-refractivity contribution in [1.82, 2.24) is 9.97 Å². The van der Waals surface area contributed by atoms with Crippen molar-refractivity contribution < 1.29 is 9.59 Å². The van der Waals surface area contributed by atoms with E-state index in [0.717, 1.165) is 5.56 Å². The number of rotatable bonds is 4. The molecule has 1 aromatic heterocycles. The van der Waals surface area contributed by atoms with E-state index in [4.69, 9.17) is 17.3 Å². The highest BCUT2D eigenvalue weighted by atomic mass is 35.5. The summed E-state index contributed by atoms with van der Waals surface area (Å²) < 4.78 is 0. The molecule has 0 saturated heterocycles. The van der Waals surface area contributed by atoms with Gasteiger partial charge in [0.15, 0.2) is 0 Å². The molecule has 0 radical (unpaired) electrons. The highest BCUT2D eigenvalue weighted by Gasteiger charge is 2.08. The van der Waals surface area contributed by atoms with Crippen LogP contribution in [0.2, 0.25) is 5.15 Å². The minimum Gasteiger partial charge on any atom is -0.369 e. The summed E-state index contributed by atoms with van der Waals surface area (Å²) in [7, 11) is 0. The number of nitrogens with two attached hydrogens (primary N) is 1. The average molecular weight is 291 g/mol. The number of hydrogen-bond acceptors (Lipinski definition) is 4. The Balaban J connectivity index is 2.04. The van der Waals surface area contributed by atoms with Crippen LogP contribution in [0.4, 0.5) is 5.69 Å². The molecule has 2 amide bonds. The summed E-state index contributed by atoms with van der Waals surface area (Å²) in [4.78, 5) is 30.3. The van der Waals surface area contributed by atoms with Crippen LogP contribution in [0.3, 0.4) is 0 Å². The zero-order valence-electron chi connectivity index (χ0n) is 10.3. The van der Waals surface area contributed by atoms with Crippen molar-refractivity contribution in [1.29, 1.82) is 0 Å². The first-order valence-corrected chi connectivity index (χ1v) is 6.08. The van der Waals surface area contributed by atoms with Gasteiger partial charge in [0.25, 0.3) is 5.91 Å². The Morgan fingerprint density at radius 1 is 1.15 bits per heavy atom.